The van der Waals surface area contributed by atoms with Crippen molar-refractivity contribution in [3.05, 3.63) is 35.4 Å². The van der Waals surface area contributed by atoms with Crippen LogP contribution in [0.2, 0.25) is 0 Å². The van der Waals surface area contributed by atoms with Crippen LogP contribution < -0.4 is 0 Å². The molecule has 0 heterocycles. The van der Waals surface area contributed by atoms with E-state index in [0.29, 0.717) is 36.9 Å². The summed E-state index contributed by atoms with van der Waals surface area (Å²) in [5.74, 6) is 1.30. The summed E-state index contributed by atoms with van der Waals surface area (Å²) in [5.41, 5.74) is 0.564. The van der Waals surface area contributed by atoms with Crippen LogP contribution in [0.15, 0.2) is 24.3 Å². The first-order chi connectivity index (χ1) is 14.2. The molecule has 30 heavy (non-hydrogen) atoms. The van der Waals surface area contributed by atoms with Gasteiger partial charge in [-0.15, -0.1) is 0 Å². The Bertz CT molecular complexity index is 638. The first-order valence-electron chi connectivity index (χ1n) is 11.7. The monoisotopic (exact) mass is 418 g/mol. The maximum Gasteiger partial charge on any atom is 0.339 e. The van der Waals surface area contributed by atoms with E-state index in [4.69, 9.17) is 9.47 Å². The molecule has 4 nitrogen and oxygen atoms in total. The Morgan fingerprint density at radius 3 is 1.93 bits per heavy atom. The molecule has 170 valence electrons. The molecule has 1 aromatic carbocycles. The summed E-state index contributed by atoms with van der Waals surface area (Å²) in [6.45, 7) is 13.9. The summed E-state index contributed by atoms with van der Waals surface area (Å²) in [4.78, 5) is 25.1. The smallest absolute Gasteiger partial charge is 0.339 e. The summed E-state index contributed by atoms with van der Waals surface area (Å²) in [6, 6.07) is 6.75. The average molecular weight is 419 g/mol. The number of carbonyl (C=O) groups excluding carboxylic acids is 2. The lowest BCUT2D eigenvalue weighted by atomic mass is 9.94. The molecule has 0 aliphatic carbocycles. The van der Waals surface area contributed by atoms with Gasteiger partial charge in [-0.05, 0) is 61.5 Å². The van der Waals surface area contributed by atoms with Crippen molar-refractivity contribution in [3.63, 3.8) is 0 Å². The standard InChI is InChI=1S/C26H42O4/c1-7-11-20(4)17-22(6)18-30-26(28)24-14-9-8-13-23(24)25(27)29-15-10-12-21(5)16-19(2)3/h8-9,13-14,19-22H,7,10-12,15-18H2,1-6H3. The molecule has 0 saturated heterocycles. The number of ether oxygens (including phenoxy) is 2. The molecule has 0 spiro atoms. The van der Waals surface area contributed by atoms with Crippen LogP contribution in [-0.2, 0) is 9.47 Å². The molecule has 0 radical (unpaired) electrons. The largest absolute Gasteiger partial charge is 0.462 e. The lowest BCUT2D eigenvalue weighted by molar-refractivity contribution is 0.0408. The van der Waals surface area contributed by atoms with Gasteiger partial charge in [0.1, 0.15) is 0 Å². The van der Waals surface area contributed by atoms with Crippen molar-refractivity contribution in [2.75, 3.05) is 13.2 Å². The third-order valence-electron chi connectivity index (χ3n) is 5.40. The lowest BCUT2D eigenvalue weighted by Crippen LogP contribution is -2.18. The highest BCUT2D eigenvalue weighted by atomic mass is 16.5. The first-order valence-corrected chi connectivity index (χ1v) is 11.7. The van der Waals surface area contributed by atoms with Crippen molar-refractivity contribution in [1.29, 1.82) is 0 Å². The highest BCUT2D eigenvalue weighted by Crippen LogP contribution is 2.19. The van der Waals surface area contributed by atoms with Crippen molar-refractivity contribution in [3.8, 4) is 0 Å². The van der Waals surface area contributed by atoms with Gasteiger partial charge in [-0.25, -0.2) is 9.59 Å². The zero-order chi connectivity index (χ0) is 22.5. The molecule has 0 saturated carbocycles. The summed E-state index contributed by atoms with van der Waals surface area (Å²) >= 11 is 0. The van der Waals surface area contributed by atoms with Crippen molar-refractivity contribution in [2.45, 2.75) is 80.1 Å². The molecule has 4 heteroatoms. The topological polar surface area (TPSA) is 52.6 Å². The van der Waals surface area contributed by atoms with Gasteiger partial charge in [0.2, 0.25) is 0 Å². The van der Waals surface area contributed by atoms with Crippen molar-refractivity contribution in [2.24, 2.45) is 23.7 Å². The Kier molecular flexibility index (Phi) is 12.4. The van der Waals surface area contributed by atoms with Gasteiger partial charge >= 0.3 is 11.9 Å². The van der Waals surface area contributed by atoms with E-state index in [9.17, 15) is 9.59 Å². The van der Waals surface area contributed by atoms with E-state index in [0.717, 1.165) is 19.3 Å². The molecule has 1 rings (SSSR count). The van der Waals surface area contributed by atoms with Crippen LogP contribution in [0.25, 0.3) is 0 Å². The summed E-state index contributed by atoms with van der Waals surface area (Å²) in [6.07, 6.45) is 6.42. The van der Waals surface area contributed by atoms with Crippen LogP contribution in [-0.4, -0.2) is 25.2 Å². The second kappa shape index (κ2) is 14.2. The van der Waals surface area contributed by atoms with Gasteiger partial charge < -0.3 is 9.47 Å². The Hall–Kier alpha value is -1.84. The average Bonchev–Trinajstić information content (AvgIpc) is 2.68. The third-order valence-corrected chi connectivity index (χ3v) is 5.40. The van der Waals surface area contributed by atoms with Gasteiger partial charge in [0, 0.05) is 0 Å². The number of carbonyl (C=O) groups is 2. The van der Waals surface area contributed by atoms with Crippen LogP contribution in [0.3, 0.4) is 0 Å². The fourth-order valence-corrected chi connectivity index (χ4v) is 4.10. The first kappa shape index (κ1) is 26.2. The maximum absolute atomic E-state index is 12.6. The highest BCUT2D eigenvalue weighted by Gasteiger charge is 2.20. The number of esters is 2. The van der Waals surface area contributed by atoms with Crippen LogP contribution in [0.5, 0.6) is 0 Å². The minimum Gasteiger partial charge on any atom is -0.462 e. The summed E-state index contributed by atoms with van der Waals surface area (Å²) < 4.78 is 10.9. The van der Waals surface area contributed by atoms with Crippen molar-refractivity contribution >= 4 is 11.9 Å². The van der Waals surface area contributed by atoms with Gasteiger partial charge in [-0.3, -0.25) is 0 Å². The van der Waals surface area contributed by atoms with Gasteiger partial charge in [0.15, 0.2) is 0 Å². The molecule has 0 bridgehead atoms. The van der Waals surface area contributed by atoms with Crippen molar-refractivity contribution in [1.82, 2.24) is 0 Å². The third kappa shape index (κ3) is 10.3. The highest BCUT2D eigenvalue weighted by molar-refractivity contribution is 6.03. The zero-order valence-electron chi connectivity index (χ0n) is 19.9. The SMILES string of the molecule is CCCC(C)CC(C)COC(=O)c1ccccc1C(=O)OCCCC(C)CC(C)C. The number of hydrogen-bond acceptors (Lipinski definition) is 4. The maximum atomic E-state index is 12.6. The predicted octanol–water partition coefficient (Wildman–Crippen LogP) is 6.93. The molecular formula is C26H42O4. The predicted molar refractivity (Wildman–Crippen MR) is 123 cm³/mol. The molecule has 3 atom stereocenters. The van der Waals surface area contributed by atoms with E-state index < -0.39 is 11.9 Å². The van der Waals surface area contributed by atoms with Crippen molar-refractivity contribution < 1.29 is 19.1 Å². The molecule has 3 unspecified atom stereocenters. The van der Waals surface area contributed by atoms with E-state index in [1.54, 1.807) is 24.3 Å². The van der Waals surface area contributed by atoms with E-state index in [1.807, 2.05) is 0 Å². The van der Waals surface area contributed by atoms with Crippen LogP contribution in [0.4, 0.5) is 0 Å². The Morgan fingerprint density at radius 1 is 0.800 bits per heavy atom. The second-order valence-electron chi connectivity index (χ2n) is 9.39. The van der Waals surface area contributed by atoms with E-state index in [-0.39, 0.29) is 11.1 Å². The summed E-state index contributed by atoms with van der Waals surface area (Å²) in [5, 5.41) is 0. The fourth-order valence-electron chi connectivity index (χ4n) is 4.10. The Balaban J connectivity index is 2.53. The van der Waals surface area contributed by atoms with Crippen LogP contribution in [0.1, 0.15) is 101 Å². The summed E-state index contributed by atoms with van der Waals surface area (Å²) in [7, 11) is 0. The van der Waals surface area contributed by atoms with Crippen LogP contribution in [0, 0.1) is 23.7 Å². The molecule has 0 fully saturated rings. The molecule has 0 aromatic heterocycles. The van der Waals surface area contributed by atoms with Gasteiger partial charge in [-0.2, -0.15) is 0 Å². The quantitative estimate of drug-likeness (QED) is 0.243. The molecule has 0 aliphatic heterocycles. The minimum atomic E-state index is -0.455. The molecular weight excluding hydrogens is 376 g/mol. The Morgan fingerprint density at radius 2 is 1.37 bits per heavy atom. The fraction of sp³-hybridized carbons (Fsp3) is 0.692. The lowest BCUT2D eigenvalue weighted by Gasteiger charge is -2.17. The molecule has 0 N–H and O–H groups in total. The molecule has 0 amide bonds. The van der Waals surface area contributed by atoms with Crippen LogP contribution >= 0.6 is 0 Å². The minimum absolute atomic E-state index is 0.282. The molecule has 0 aliphatic rings. The van der Waals surface area contributed by atoms with E-state index in [1.165, 1.54) is 19.3 Å². The van der Waals surface area contributed by atoms with Gasteiger partial charge in [0.05, 0.1) is 24.3 Å². The van der Waals surface area contributed by atoms with Gasteiger partial charge in [0.25, 0.3) is 0 Å². The van der Waals surface area contributed by atoms with Gasteiger partial charge in [-0.1, -0.05) is 66.5 Å². The second-order valence-corrected chi connectivity index (χ2v) is 9.39. The number of benzene rings is 1. The van der Waals surface area contributed by atoms with E-state index in [2.05, 4.69) is 41.5 Å². The number of rotatable bonds is 14. The normalized spacial score (nSPS) is 14.2. The molecule has 1 aromatic rings. The Labute approximate surface area is 183 Å². The van der Waals surface area contributed by atoms with E-state index >= 15 is 0 Å². The zero-order valence-corrected chi connectivity index (χ0v) is 19.9. The number of hydrogen-bond donors (Lipinski definition) is 0.